The molecule has 1 N–H and O–H groups in total. The van der Waals surface area contributed by atoms with Gasteiger partial charge in [-0.05, 0) is 36.2 Å². The van der Waals surface area contributed by atoms with Crippen molar-refractivity contribution >= 4 is 39.1 Å². The molecule has 1 unspecified atom stereocenters. The third-order valence-electron chi connectivity index (χ3n) is 5.82. The lowest BCUT2D eigenvalue weighted by molar-refractivity contribution is -0.139. The average molecular weight is 528 g/mol. The molecular formula is C27H30ClN3O4S. The zero-order chi connectivity index (χ0) is 26.3. The second-order valence-electron chi connectivity index (χ2n) is 8.54. The standard InChI is InChI=1S/C27H30ClN3O4S/c1-20-13-15-23(16-14-20)31(36(3,34)35)19-26(32)30(18-22-11-7-8-12-24(22)28)25(27(33)29-2)17-21-9-5-4-6-10-21/h4-16,25H,17-19H2,1-3H3,(H,29,33). The number of rotatable bonds is 10. The molecule has 0 spiro atoms. The first-order valence-electron chi connectivity index (χ1n) is 11.4. The third kappa shape index (κ3) is 7.08. The van der Waals surface area contributed by atoms with Gasteiger partial charge in [-0.3, -0.25) is 13.9 Å². The van der Waals surface area contributed by atoms with Gasteiger partial charge in [0.15, 0.2) is 0 Å². The van der Waals surface area contributed by atoms with E-state index in [1.54, 1.807) is 48.5 Å². The smallest absolute Gasteiger partial charge is 0.244 e. The Morgan fingerprint density at radius 3 is 2.14 bits per heavy atom. The number of halogens is 1. The Labute approximate surface area is 217 Å². The second-order valence-corrected chi connectivity index (χ2v) is 10.9. The van der Waals surface area contributed by atoms with Crippen molar-refractivity contribution in [2.75, 3.05) is 24.2 Å². The lowest BCUT2D eigenvalue weighted by Crippen LogP contribution is -2.52. The monoisotopic (exact) mass is 527 g/mol. The van der Waals surface area contributed by atoms with Gasteiger partial charge >= 0.3 is 0 Å². The van der Waals surface area contributed by atoms with Crippen LogP contribution in [0.2, 0.25) is 5.02 Å². The highest BCUT2D eigenvalue weighted by atomic mass is 35.5. The van der Waals surface area contributed by atoms with Crippen LogP contribution in [0.5, 0.6) is 0 Å². The highest BCUT2D eigenvalue weighted by molar-refractivity contribution is 7.92. The molecule has 1 atom stereocenters. The van der Waals surface area contributed by atoms with Crippen LogP contribution in [0, 0.1) is 6.92 Å². The maximum Gasteiger partial charge on any atom is 0.244 e. The fourth-order valence-electron chi connectivity index (χ4n) is 3.86. The zero-order valence-electron chi connectivity index (χ0n) is 20.5. The molecule has 0 heterocycles. The first kappa shape index (κ1) is 27.2. The van der Waals surface area contributed by atoms with E-state index < -0.39 is 28.5 Å². The number of nitrogens with one attached hydrogen (secondary N) is 1. The van der Waals surface area contributed by atoms with Gasteiger partial charge in [0.05, 0.1) is 11.9 Å². The highest BCUT2D eigenvalue weighted by Crippen LogP contribution is 2.23. The van der Waals surface area contributed by atoms with E-state index in [4.69, 9.17) is 11.6 Å². The van der Waals surface area contributed by atoms with Crippen LogP contribution in [-0.2, 0) is 32.6 Å². The number of hydrogen-bond donors (Lipinski definition) is 1. The second kappa shape index (κ2) is 12.1. The van der Waals surface area contributed by atoms with Gasteiger partial charge < -0.3 is 10.2 Å². The first-order chi connectivity index (χ1) is 17.1. The van der Waals surface area contributed by atoms with E-state index in [0.717, 1.165) is 21.7 Å². The molecule has 3 aromatic carbocycles. The minimum atomic E-state index is -3.79. The first-order valence-corrected chi connectivity index (χ1v) is 13.7. The van der Waals surface area contributed by atoms with Crippen LogP contribution in [0.4, 0.5) is 5.69 Å². The van der Waals surface area contributed by atoms with Crippen molar-refractivity contribution in [2.24, 2.45) is 0 Å². The molecule has 190 valence electrons. The minimum absolute atomic E-state index is 0.0366. The Balaban J connectivity index is 2.03. The van der Waals surface area contributed by atoms with Gasteiger partial charge in [-0.1, -0.05) is 77.8 Å². The summed E-state index contributed by atoms with van der Waals surface area (Å²) in [6.45, 7) is 1.46. The summed E-state index contributed by atoms with van der Waals surface area (Å²) < 4.78 is 26.4. The van der Waals surface area contributed by atoms with Crippen molar-refractivity contribution in [2.45, 2.75) is 25.9 Å². The predicted octanol–water partition coefficient (Wildman–Crippen LogP) is 3.80. The number of carbonyl (C=O) groups excluding carboxylic acids is 2. The average Bonchev–Trinajstić information content (AvgIpc) is 2.85. The summed E-state index contributed by atoms with van der Waals surface area (Å²) in [5.41, 5.74) is 2.84. The SMILES string of the molecule is CNC(=O)C(Cc1ccccc1)N(Cc1ccccc1Cl)C(=O)CN(c1ccc(C)cc1)S(C)(=O)=O. The summed E-state index contributed by atoms with van der Waals surface area (Å²) in [5.74, 6) is -0.883. The van der Waals surface area contributed by atoms with E-state index in [2.05, 4.69) is 5.32 Å². The number of likely N-dealkylation sites (N-methyl/N-ethyl adjacent to an activating group) is 1. The number of carbonyl (C=O) groups is 2. The molecule has 0 aliphatic carbocycles. The van der Waals surface area contributed by atoms with Crippen LogP contribution in [0.3, 0.4) is 0 Å². The van der Waals surface area contributed by atoms with Crippen molar-refractivity contribution in [3.05, 3.63) is 101 Å². The van der Waals surface area contributed by atoms with Crippen LogP contribution < -0.4 is 9.62 Å². The van der Waals surface area contributed by atoms with E-state index in [-0.39, 0.29) is 18.9 Å². The number of nitrogens with zero attached hydrogens (tertiary/aromatic N) is 2. The van der Waals surface area contributed by atoms with Crippen molar-refractivity contribution in [3.8, 4) is 0 Å². The molecule has 0 radical (unpaired) electrons. The van der Waals surface area contributed by atoms with Gasteiger partial charge in [-0.15, -0.1) is 0 Å². The van der Waals surface area contributed by atoms with Gasteiger partial charge in [-0.2, -0.15) is 0 Å². The van der Waals surface area contributed by atoms with E-state index in [1.807, 2.05) is 37.3 Å². The summed E-state index contributed by atoms with van der Waals surface area (Å²) >= 11 is 6.40. The van der Waals surface area contributed by atoms with Gasteiger partial charge in [-0.25, -0.2) is 8.42 Å². The summed E-state index contributed by atoms with van der Waals surface area (Å²) in [6.07, 6.45) is 1.30. The molecule has 0 bridgehead atoms. The van der Waals surface area contributed by atoms with Crippen LogP contribution >= 0.6 is 11.6 Å². The molecule has 0 saturated heterocycles. The predicted molar refractivity (Wildman–Crippen MR) is 143 cm³/mol. The lowest BCUT2D eigenvalue weighted by atomic mass is 10.0. The molecule has 36 heavy (non-hydrogen) atoms. The van der Waals surface area contributed by atoms with E-state index in [9.17, 15) is 18.0 Å². The number of anilines is 1. The largest absolute Gasteiger partial charge is 0.357 e. The molecule has 9 heteroatoms. The molecule has 0 fully saturated rings. The molecule has 3 aromatic rings. The summed E-state index contributed by atoms with van der Waals surface area (Å²) in [7, 11) is -2.28. The van der Waals surface area contributed by atoms with Gasteiger partial charge in [0.25, 0.3) is 0 Å². The Bertz CT molecular complexity index is 1300. The number of aryl methyl sites for hydroxylation is 1. The Morgan fingerprint density at radius 1 is 0.944 bits per heavy atom. The molecule has 0 aliphatic rings. The lowest BCUT2D eigenvalue weighted by Gasteiger charge is -2.33. The Kier molecular flexibility index (Phi) is 9.12. The van der Waals surface area contributed by atoms with Crippen LogP contribution in [-0.4, -0.2) is 51.0 Å². The van der Waals surface area contributed by atoms with E-state index >= 15 is 0 Å². The van der Waals surface area contributed by atoms with Crippen molar-refractivity contribution < 1.29 is 18.0 Å². The van der Waals surface area contributed by atoms with Crippen molar-refractivity contribution in [1.29, 1.82) is 0 Å². The van der Waals surface area contributed by atoms with Crippen molar-refractivity contribution in [1.82, 2.24) is 10.2 Å². The normalized spacial score (nSPS) is 12.0. The third-order valence-corrected chi connectivity index (χ3v) is 7.33. The fourth-order valence-corrected chi connectivity index (χ4v) is 4.90. The number of amides is 2. The molecule has 7 nitrogen and oxygen atoms in total. The maximum absolute atomic E-state index is 13.8. The fraction of sp³-hybridized carbons (Fsp3) is 0.259. The minimum Gasteiger partial charge on any atom is -0.357 e. The number of hydrogen-bond acceptors (Lipinski definition) is 4. The number of sulfonamides is 1. The molecule has 3 rings (SSSR count). The molecule has 2 amide bonds. The molecule has 0 aromatic heterocycles. The Morgan fingerprint density at radius 2 is 1.56 bits per heavy atom. The van der Waals surface area contributed by atoms with Crippen LogP contribution in [0.15, 0.2) is 78.9 Å². The van der Waals surface area contributed by atoms with Crippen LogP contribution in [0.1, 0.15) is 16.7 Å². The van der Waals surface area contributed by atoms with Gasteiger partial charge in [0.2, 0.25) is 21.8 Å². The van der Waals surface area contributed by atoms with E-state index in [1.165, 1.54) is 11.9 Å². The summed E-state index contributed by atoms with van der Waals surface area (Å²) in [4.78, 5) is 28.3. The molecule has 0 aliphatic heterocycles. The topological polar surface area (TPSA) is 86.8 Å². The molecule has 0 saturated carbocycles. The highest BCUT2D eigenvalue weighted by Gasteiger charge is 2.32. The van der Waals surface area contributed by atoms with Gasteiger partial charge in [0, 0.05) is 25.0 Å². The van der Waals surface area contributed by atoms with Gasteiger partial charge in [0.1, 0.15) is 12.6 Å². The zero-order valence-corrected chi connectivity index (χ0v) is 22.1. The Hall–Kier alpha value is -3.36. The quantitative estimate of drug-likeness (QED) is 0.434. The maximum atomic E-state index is 13.8. The van der Waals surface area contributed by atoms with Crippen molar-refractivity contribution in [3.63, 3.8) is 0 Å². The molecular weight excluding hydrogens is 498 g/mol. The van der Waals surface area contributed by atoms with Crippen LogP contribution in [0.25, 0.3) is 0 Å². The van der Waals surface area contributed by atoms with E-state index in [0.29, 0.717) is 16.3 Å². The number of benzene rings is 3. The summed E-state index contributed by atoms with van der Waals surface area (Å²) in [6, 6.07) is 22.4. The summed E-state index contributed by atoms with van der Waals surface area (Å²) in [5, 5.41) is 3.09.